The fourth-order valence-corrected chi connectivity index (χ4v) is 1.44. The van der Waals surface area contributed by atoms with Crippen LogP contribution >= 0.6 is 15.9 Å². The van der Waals surface area contributed by atoms with E-state index >= 15 is 0 Å². The van der Waals surface area contributed by atoms with Crippen molar-refractivity contribution in [1.82, 2.24) is 0 Å². The summed E-state index contributed by atoms with van der Waals surface area (Å²) in [6, 6.07) is 0.775. The summed E-state index contributed by atoms with van der Waals surface area (Å²) >= 11 is 2.75. The molecule has 1 rings (SSSR count). The average molecular weight is 268 g/mol. The topological polar surface area (TPSA) is 66.5 Å². The molecule has 3 nitrogen and oxygen atoms in total. The second kappa shape index (κ2) is 4.20. The molecular weight excluding hydrogens is 260 g/mol. The van der Waals surface area contributed by atoms with Crippen LogP contribution in [0.5, 0.6) is 5.75 Å². The summed E-state index contributed by atoms with van der Waals surface area (Å²) < 4.78 is 26.0. The maximum absolute atomic E-state index is 13.3. The lowest BCUT2D eigenvalue weighted by atomic mass is 10.1. The maximum atomic E-state index is 13.3. The lowest BCUT2D eigenvalue weighted by Gasteiger charge is -2.12. The lowest BCUT2D eigenvalue weighted by Crippen LogP contribution is -2.14. The highest BCUT2D eigenvalue weighted by Gasteiger charge is 2.22. The number of aliphatic hydroxyl groups is 1. The number of hydrogen-bond acceptors (Lipinski definition) is 3. The van der Waals surface area contributed by atoms with Gasteiger partial charge in [-0.15, -0.1) is 0 Å². The highest BCUT2D eigenvalue weighted by Crippen LogP contribution is 2.33. The normalized spacial score (nSPS) is 12.9. The smallest absolute Gasteiger partial charge is 0.166 e. The first-order chi connectivity index (χ1) is 6.49. The highest BCUT2D eigenvalue weighted by atomic mass is 79.9. The summed E-state index contributed by atoms with van der Waals surface area (Å²) in [6.45, 7) is -0.305. The van der Waals surface area contributed by atoms with Crippen LogP contribution in [0.4, 0.5) is 8.78 Å². The molecule has 0 saturated carbocycles. The molecule has 1 unspecified atom stereocenters. The van der Waals surface area contributed by atoms with Crippen molar-refractivity contribution in [3.05, 3.63) is 27.7 Å². The van der Waals surface area contributed by atoms with Crippen LogP contribution in [0, 0.1) is 11.6 Å². The van der Waals surface area contributed by atoms with Crippen LogP contribution in [-0.2, 0) is 0 Å². The van der Waals surface area contributed by atoms with E-state index in [9.17, 15) is 13.9 Å². The molecule has 1 atom stereocenters. The predicted molar refractivity (Wildman–Crippen MR) is 49.7 cm³/mol. The number of aromatic hydroxyl groups is 1. The van der Waals surface area contributed by atoms with Gasteiger partial charge in [0.1, 0.15) is 5.82 Å². The van der Waals surface area contributed by atoms with Crippen molar-refractivity contribution < 1.29 is 19.0 Å². The Kier molecular flexibility index (Phi) is 3.41. The van der Waals surface area contributed by atoms with E-state index in [1.54, 1.807) is 0 Å². The summed E-state index contributed by atoms with van der Waals surface area (Å²) in [7, 11) is 0. The van der Waals surface area contributed by atoms with E-state index in [-0.39, 0.29) is 11.0 Å². The van der Waals surface area contributed by atoms with Crippen molar-refractivity contribution in [3.63, 3.8) is 0 Å². The Morgan fingerprint density at radius 1 is 1.50 bits per heavy atom. The Morgan fingerprint density at radius 3 is 2.57 bits per heavy atom. The minimum atomic E-state index is -1.43. The zero-order valence-corrected chi connectivity index (χ0v) is 8.55. The van der Waals surface area contributed by atoms with Gasteiger partial charge >= 0.3 is 0 Å². The molecule has 0 heterocycles. The summed E-state index contributed by atoms with van der Waals surface area (Å²) in [5, 5.41) is 18.4. The van der Waals surface area contributed by atoms with E-state index in [2.05, 4.69) is 15.9 Å². The Morgan fingerprint density at radius 2 is 2.07 bits per heavy atom. The quantitative estimate of drug-likeness (QED) is 0.711. The van der Waals surface area contributed by atoms with E-state index in [1.807, 2.05) is 0 Å². The average Bonchev–Trinajstić information content (AvgIpc) is 2.15. The second-order valence-corrected chi connectivity index (χ2v) is 3.52. The first kappa shape index (κ1) is 11.4. The summed E-state index contributed by atoms with van der Waals surface area (Å²) in [4.78, 5) is 0. The molecule has 0 spiro atoms. The van der Waals surface area contributed by atoms with Gasteiger partial charge in [-0.05, 0) is 22.0 Å². The molecule has 0 bridgehead atoms. The maximum Gasteiger partial charge on any atom is 0.166 e. The molecule has 4 N–H and O–H groups in total. The molecule has 0 aliphatic carbocycles. The van der Waals surface area contributed by atoms with Crippen LogP contribution in [0.1, 0.15) is 11.7 Å². The van der Waals surface area contributed by atoms with E-state index in [1.165, 1.54) is 0 Å². The Labute approximate surface area is 87.3 Å². The molecule has 14 heavy (non-hydrogen) atoms. The minimum absolute atomic E-state index is 0.171. The molecule has 0 aliphatic rings. The zero-order chi connectivity index (χ0) is 10.9. The van der Waals surface area contributed by atoms with Gasteiger partial charge in [-0.1, -0.05) is 0 Å². The Bertz CT molecular complexity index is 333. The first-order valence-corrected chi connectivity index (χ1v) is 4.52. The van der Waals surface area contributed by atoms with Gasteiger partial charge in [0.2, 0.25) is 0 Å². The fraction of sp³-hybridized carbons (Fsp3) is 0.250. The van der Waals surface area contributed by atoms with Crippen LogP contribution in [0.15, 0.2) is 10.5 Å². The van der Waals surface area contributed by atoms with Crippen molar-refractivity contribution in [2.45, 2.75) is 6.10 Å². The molecule has 0 amide bonds. The van der Waals surface area contributed by atoms with Crippen molar-refractivity contribution in [2.24, 2.45) is 5.73 Å². The molecule has 1 aromatic rings. The van der Waals surface area contributed by atoms with Gasteiger partial charge in [-0.2, -0.15) is 0 Å². The van der Waals surface area contributed by atoms with Gasteiger partial charge < -0.3 is 15.9 Å². The molecule has 0 radical (unpaired) electrons. The third kappa shape index (κ3) is 1.87. The summed E-state index contributed by atoms with van der Waals surface area (Å²) in [5.74, 6) is -2.84. The van der Waals surface area contributed by atoms with Crippen LogP contribution < -0.4 is 5.73 Å². The number of halogens is 3. The van der Waals surface area contributed by atoms with Crippen molar-refractivity contribution >= 4 is 15.9 Å². The third-order valence-electron chi connectivity index (χ3n) is 1.74. The second-order valence-electron chi connectivity index (χ2n) is 2.67. The molecule has 1 aromatic carbocycles. The first-order valence-electron chi connectivity index (χ1n) is 3.73. The standard InChI is InChI=1S/C8H8BrF2NO2/c9-3-1-4(10)8(14)6(7(3)11)5(13)2-12/h1,5,13-14H,2,12H2. The van der Waals surface area contributed by atoms with Gasteiger partial charge in [-0.3, -0.25) is 0 Å². The zero-order valence-electron chi connectivity index (χ0n) is 6.97. The number of phenols is 1. The van der Waals surface area contributed by atoms with Gasteiger partial charge in [0.05, 0.1) is 16.1 Å². The molecule has 0 fully saturated rings. The number of hydrogen-bond donors (Lipinski definition) is 3. The lowest BCUT2D eigenvalue weighted by molar-refractivity contribution is 0.176. The van der Waals surface area contributed by atoms with Gasteiger partial charge in [0.25, 0.3) is 0 Å². The predicted octanol–water partition coefficient (Wildman–Crippen LogP) is 1.42. The van der Waals surface area contributed by atoms with Gasteiger partial charge in [-0.25, -0.2) is 8.78 Å². The highest BCUT2D eigenvalue weighted by molar-refractivity contribution is 9.10. The van der Waals surface area contributed by atoms with Crippen LogP contribution in [-0.4, -0.2) is 16.8 Å². The largest absolute Gasteiger partial charge is 0.504 e. The van der Waals surface area contributed by atoms with Gasteiger partial charge in [0.15, 0.2) is 11.6 Å². The molecule has 6 heteroatoms. The number of rotatable bonds is 2. The third-order valence-corrected chi connectivity index (χ3v) is 2.31. The molecular formula is C8H8BrF2NO2. The SMILES string of the molecule is NCC(O)c1c(O)c(F)cc(Br)c1F. The van der Waals surface area contributed by atoms with Crippen molar-refractivity contribution in [3.8, 4) is 5.75 Å². The van der Waals surface area contributed by atoms with Crippen LogP contribution in [0.3, 0.4) is 0 Å². The molecule has 0 aliphatic heterocycles. The van der Waals surface area contributed by atoms with Crippen LogP contribution in [0.2, 0.25) is 0 Å². The number of benzene rings is 1. The van der Waals surface area contributed by atoms with E-state index < -0.39 is 29.1 Å². The molecule has 78 valence electrons. The molecule has 0 saturated heterocycles. The number of nitrogens with two attached hydrogens (primary N) is 1. The summed E-state index contributed by atoms with van der Waals surface area (Å²) in [6.07, 6.45) is -1.43. The fourth-order valence-electron chi connectivity index (χ4n) is 1.03. The Hall–Kier alpha value is -0.720. The van der Waals surface area contributed by atoms with E-state index in [0.29, 0.717) is 0 Å². The van der Waals surface area contributed by atoms with Crippen molar-refractivity contribution in [1.29, 1.82) is 0 Å². The number of aliphatic hydroxyl groups excluding tert-OH is 1. The summed E-state index contributed by atoms with van der Waals surface area (Å²) in [5.41, 5.74) is 4.55. The molecule has 0 aromatic heterocycles. The van der Waals surface area contributed by atoms with Crippen molar-refractivity contribution in [2.75, 3.05) is 6.54 Å². The number of phenolic OH excluding ortho intramolecular Hbond substituents is 1. The van der Waals surface area contributed by atoms with Crippen LogP contribution in [0.25, 0.3) is 0 Å². The minimum Gasteiger partial charge on any atom is -0.504 e. The van der Waals surface area contributed by atoms with Gasteiger partial charge in [0, 0.05) is 6.54 Å². The monoisotopic (exact) mass is 267 g/mol. The Balaban J connectivity index is 3.39. The van der Waals surface area contributed by atoms with E-state index in [0.717, 1.165) is 6.07 Å². The van der Waals surface area contributed by atoms with E-state index in [4.69, 9.17) is 10.8 Å².